The number of hydrogen-bond donors (Lipinski definition) is 1. The number of likely N-dealkylation sites (N-methyl/N-ethyl adjacent to an activating group) is 1. The molecule has 1 aliphatic heterocycles. The Labute approximate surface area is 139 Å². The minimum absolute atomic E-state index is 0.0789. The van der Waals surface area contributed by atoms with E-state index in [0.29, 0.717) is 6.42 Å². The summed E-state index contributed by atoms with van der Waals surface area (Å²) >= 11 is 0. The molecule has 23 heavy (non-hydrogen) atoms. The fraction of sp³-hybridized carbons (Fsp3) is 0.611. The molecule has 0 aromatic heterocycles. The van der Waals surface area contributed by atoms with Crippen molar-refractivity contribution in [3.05, 3.63) is 34.4 Å². The first-order valence-corrected chi connectivity index (χ1v) is 8.19. The van der Waals surface area contributed by atoms with Crippen LogP contribution in [0.15, 0.2) is 12.1 Å². The molecule has 5 nitrogen and oxygen atoms in total. The topological polar surface area (TPSA) is 58.8 Å². The van der Waals surface area contributed by atoms with Crippen LogP contribution in [-0.2, 0) is 16.1 Å². The maximum Gasteiger partial charge on any atom is 0.228 e. The lowest BCUT2D eigenvalue weighted by molar-refractivity contribution is -0.166. The summed E-state index contributed by atoms with van der Waals surface area (Å²) in [5, 5.41) is 1.89. The lowest BCUT2D eigenvalue weighted by atomic mass is 9.93. The van der Waals surface area contributed by atoms with Crippen LogP contribution in [0.25, 0.3) is 0 Å². The Morgan fingerprint density at radius 2 is 1.83 bits per heavy atom. The molecule has 0 spiro atoms. The van der Waals surface area contributed by atoms with Gasteiger partial charge in [0.15, 0.2) is 0 Å². The molecule has 1 aromatic rings. The number of amides is 1. The monoisotopic (exact) mass is 319 g/mol. The summed E-state index contributed by atoms with van der Waals surface area (Å²) in [4.78, 5) is 19.8. The molecule has 1 aromatic carbocycles. The molecule has 1 saturated heterocycles. The number of rotatable bonds is 4. The predicted octanol–water partition coefficient (Wildman–Crippen LogP) is 1.92. The summed E-state index contributed by atoms with van der Waals surface area (Å²) in [6.45, 7) is 7.71. The number of carbonyl (C=O) groups is 1. The quantitative estimate of drug-likeness (QED) is 0.862. The maximum absolute atomic E-state index is 12.8. The largest absolute Gasteiger partial charge is 0.327 e. The van der Waals surface area contributed by atoms with Crippen LogP contribution in [0.4, 0.5) is 0 Å². The Morgan fingerprint density at radius 1 is 1.26 bits per heavy atom. The van der Waals surface area contributed by atoms with Crippen LogP contribution in [0.2, 0.25) is 0 Å². The number of nitrogens with two attached hydrogens (primary N) is 1. The van der Waals surface area contributed by atoms with Crippen LogP contribution in [0.5, 0.6) is 0 Å². The summed E-state index contributed by atoms with van der Waals surface area (Å²) in [5.41, 5.74) is 10.6. The van der Waals surface area contributed by atoms with Crippen LogP contribution < -0.4 is 5.73 Å². The van der Waals surface area contributed by atoms with Crippen molar-refractivity contribution in [2.24, 2.45) is 5.73 Å². The molecule has 1 aliphatic rings. The van der Waals surface area contributed by atoms with Crippen LogP contribution in [0.3, 0.4) is 0 Å². The van der Waals surface area contributed by atoms with Crippen molar-refractivity contribution in [1.82, 2.24) is 9.96 Å². The molecule has 0 atom stereocenters. The Bertz CT molecular complexity index is 578. The van der Waals surface area contributed by atoms with Crippen molar-refractivity contribution in [3.63, 3.8) is 0 Å². The Morgan fingerprint density at radius 3 is 2.39 bits per heavy atom. The second-order valence-electron chi connectivity index (χ2n) is 6.65. The van der Waals surface area contributed by atoms with E-state index < -0.39 is 5.66 Å². The van der Waals surface area contributed by atoms with Gasteiger partial charge in [0.25, 0.3) is 0 Å². The van der Waals surface area contributed by atoms with Crippen LogP contribution in [-0.4, -0.2) is 48.8 Å². The summed E-state index contributed by atoms with van der Waals surface area (Å²) in [6, 6.07) is 4.19. The van der Waals surface area contributed by atoms with Crippen LogP contribution in [0.1, 0.15) is 35.1 Å². The van der Waals surface area contributed by atoms with Gasteiger partial charge in [0.2, 0.25) is 5.91 Å². The van der Waals surface area contributed by atoms with E-state index in [1.807, 2.05) is 12.1 Å². The van der Waals surface area contributed by atoms with Crippen LogP contribution in [0, 0.1) is 20.8 Å². The van der Waals surface area contributed by atoms with E-state index in [1.54, 1.807) is 12.0 Å². The van der Waals surface area contributed by atoms with Gasteiger partial charge in [-0.05, 0) is 55.9 Å². The van der Waals surface area contributed by atoms with Gasteiger partial charge in [0, 0.05) is 20.1 Å². The molecule has 2 N–H and O–H groups in total. The summed E-state index contributed by atoms with van der Waals surface area (Å²) < 4.78 is 0. The average Bonchev–Trinajstić information content (AvgIpc) is 2.55. The van der Waals surface area contributed by atoms with Gasteiger partial charge in [-0.1, -0.05) is 12.1 Å². The molecule has 1 amide bonds. The fourth-order valence-corrected chi connectivity index (χ4v) is 3.19. The number of benzene rings is 1. The third kappa shape index (κ3) is 3.74. The second-order valence-corrected chi connectivity index (χ2v) is 6.65. The zero-order chi connectivity index (χ0) is 17.2. The average molecular weight is 319 g/mol. The second kappa shape index (κ2) is 6.99. The standard InChI is InChI=1S/C18H29N3O2/c1-13-6-7-14(2)16(15(13)3)12-17(22)20(4)18(19)8-10-21(23-5)11-9-18/h6-7H,8-12,19H2,1-5H3. The Balaban J connectivity index is 2.11. The highest BCUT2D eigenvalue weighted by Gasteiger charge is 2.37. The third-order valence-electron chi connectivity index (χ3n) is 5.32. The lowest BCUT2D eigenvalue weighted by Crippen LogP contribution is -2.61. The predicted molar refractivity (Wildman–Crippen MR) is 91.9 cm³/mol. The summed E-state index contributed by atoms with van der Waals surface area (Å²) in [7, 11) is 3.49. The molecule has 128 valence electrons. The van der Waals surface area contributed by atoms with Gasteiger partial charge in [-0.2, -0.15) is 5.06 Å². The first-order chi connectivity index (χ1) is 10.8. The molecule has 1 fully saturated rings. The summed E-state index contributed by atoms with van der Waals surface area (Å²) in [6.07, 6.45) is 1.84. The highest BCUT2D eigenvalue weighted by Crippen LogP contribution is 2.25. The van der Waals surface area contributed by atoms with E-state index in [1.165, 1.54) is 11.1 Å². The van der Waals surface area contributed by atoms with Crippen molar-refractivity contribution < 1.29 is 9.63 Å². The van der Waals surface area contributed by atoms with Crippen molar-refractivity contribution in [2.75, 3.05) is 27.2 Å². The number of carbonyl (C=O) groups excluding carboxylic acids is 1. The first-order valence-electron chi connectivity index (χ1n) is 8.19. The van der Waals surface area contributed by atoms with Crippen molar-refractivity contribution in [1.29, 1.82) is 0 Å². The van der Waals surface area contributed by atoms with Gasteiger partial charge >= 0.3 is 0 Å². The molecule has 0 aliphatic carbocycles. The molecular formula is C18H29N3O2. The van der Waals surface area contributed by atoms with E-state index in [4.69, 9.17) is 10.6 Å². The Hall–Kier alpha value is -1.43. The zero-order valence-electron chi connectivity index (χ0n) is 15.0. The molecular weight excluding hydrogens is 290 g/mol. The highest BCUT2D eigenvalue weighted by atomic mass is 16.7. The smallest absolute Gasteiger partial charge is 0.228 e. The van der Waals surface area contributed by atoms with Crippen molar-refractivity contribution in [2.45, 2.75) is 45.7 Å². The number of piperidine rings is 1. The lowest BCUT2D eigenvalue weighted by Gasteiger charge is -2.44. The number of hydroxylamine groups is 2. The number of hydrogen-bond acceptors (Lipinski definition) is 4. The number of aryl methyl sites for hydroxylation is 2. The van der Waals surface area contributed by atoms with Gasteiger partial charge in [0.1, 0.15) is 0 Å². The molecule has 0 unspecified atom stereocenters. The third-order valence-corrected chi connectivity index (χ3v) is 5.32. The molecule has 5 heteroatoms. The van der Waals surface area contributed by atoms with Gasteiger partial charge in [-0.25, -0.2) is 0 Å². The normalized spacial score (nSPS) is 18.0. The van der Waals surface area contributed by atoms with Crippen molar-refractivity contribution in [3.8, 4) is 0 Å². The maximum atomic E-state index is 12.8. The molecule has 0 bridgehead atoms. The van der Waals surface area contributed by atoms with Gasteiger partial charge in [0.05, 0.1) is 19.2 Å². The van der Waals surface area contributed by atoms with Gasteiger partial charge < -0.3 is 15.5 Å². The first kappa shape index (κ1) is 17.9. The fourth-order valence-electron chi connectivity index (χ4n) is 3.19. The molecule has 2 rings (SSSR count). The SMILES string of the molecule is CON1CCC(N)(N(C)C(=O)Cc2c(C)ccc(C)c2C)CC1. The van der Waals surface area contributed by atoms with Gasteiger partial charge in [-0.15, -0.1) is 0 Å². The number of nitrogens with zero attached hydrogens (tertiary/aromatic N) is 2. The van der Waals surface area contributed by atoms with E-state index in [2.05, 4.69) is 32.9 Å². The molecule has 0 radical (unpaired) electrons. The minimum atomic E-state index is -0.586. The van der Waals surface area contributed by atoms with E-state index >= 15 is 0 Å². The van der Waals surface area contributed by atoms with Crippen molar-refractivity contribution >= 4 is 5.91 Å². The highest BCUT2D eigenvalue weighted by molar-refractivity contribution is 5.80. The zero-order valence-corrected chi connectivity index (χ0v) is 15.0. The summed E-state index contributed by atoms with van der Waals surface area (Å²) in [5.74, 6) is 0.0789. The Kier molecular flexibility index (Phi) is 5.45. The van der Waals surface area contributed by atoms with E-state index in [-0.39, 0.29) is 5.91 Å². The van der Waals surface area contributed by atoms with E-state index in [9.17, 15) is 4.79 Å². The molecule has 0 saturated carbocycles. The van der Waals surface area contributed by atoms with Gasteiger partial charge in [-0.3, -0.25) is 4.79 Å². The molecule has 1 heterocycles. The van der Waals surface area contributed by atoms with Crippen LogP contribution >= 0.6 is 0 Å². The minimum Gasteiger partial charge on any atom is -0.327 e. The van der Waals surface area contributed by atoms with E-state index in [0.717, 1.165) is 37.1 Å².